The Morgan fingerprint density at radius 2 is 1.63 bits per heavy atom. The quantitative estimate of drug-likeness (QED) is 0.631. The number of hydrogen-bond acceptors (Lipinski definition) is 3. The van der Waals surface area contributed by atoms with E-state index in [1.165, 1.54) is 30.5 Å². The van der Waals surface area contributed by atoms with E-state index in [2.05, 4.69) is 15.6 Å². The molecule has 0 unspecified atom stereocenters. The number of amides is 2. The Labute approximate surface area is 152 Å². The van der Waals surface area contributed by atoms with E-state index >= 15 is 0 Å². The predicted octanol–water partition coefficient (Wildman–Crippen LogP) is 5.54. The number of carbonyl (C=O) groups is 1. The summed E-state index contributed by atoms with van der Waals surface area (Å²) in [6.45, 7) is 0. The maximum absolute atomic E-state index is 12.7. The monoisotopic (exact) mass is 373 g/mol. The molecule has 2 amide bonds. The van der Waals surface area contributed by atoms with Crippen molar-refractivity contribution in [3.8, 4) is 11.6 Å². The molecule has 27 heavy (non-hydrogen) atoms. The van der Waals surface area contributed by atoms with Crippen LogP contribution in [0.4, 0.5) is 29.3 Å². The maximum Gasteiger partial charge on any atom is 0.416 e. The molecule has 8 heteroatoms. The van der Waals surface area contributed by atoms with E-state index in [0.29, 0.717) is 11.4 Å². The lowest BCUT2D eigenvalue weighted by atomic mass is 10.2. The van der Waals surface area contributed by atoms with Gasteiger partial charge in [-0.25, -0.2) is 9.78 Å². The number of nitrogens with one attached hydrogen (secondary N) is 2. The summed E-state index contributed by atoms with van der Waals surface area (Å²) in [4.78, 5) is 15.9. The molecular formula is C19H14F3N3O2. The maximum atomic E-state index is 12.7. The van der Waals surface area contributed by atoms with Crippen molar-refractivity contribution in [1.82, 2.24) is 4.98 Å². The summed E-state index contributed by atoms with van der Waals surface area (Å²) in [6, 6.07) is 15.9. The van der Waals surface area contributed by atoms with Crippen molar-refractivity contribution >= 4 is 17.4 Å². The van der Waals surface area contributed by atoms with Crippen LogP contribution in [0.3, 0.4) is 0 Å². The lowest BCUT2D eigenvalue weighted by Gasteiger charge is -2.10. The first-order valence-electron chi connectivity index (χ1n) is 7.84. The molecule has 138 valence electrons. The molecule has 0 atom stereocenters. The van der Waals surface area contributed by atoms with Gasteiger partial charge in [-0.1, -0.05) is 24.3 Å². The minimum absolute atomic E-state index is 0.0138. The van der Waals surface area contributed by atoms with Crippen molar-refractivity contribution in [2.24, 2.45) is 0 Å². The largest absolute Gasteiger partial charge is 0.439 e. The van der Waals surface area contributed by atoms with Gasteiger partial charge in [0.1, 0.15) is 5.75 Å². The molecule has 0 saturated heterocycles. The van der Waals surface area contributed by atoms with Gasteiger partial charge < -0.3 is 15.4 Å². The Hall–Kier alpha value is -3.55. The van der Waals surface area contributed by atoms with Crippen molar-refractivity contribution < 1.29 is 22.7 Å². The molecular weight excluding hydrogens is 359 g/mol. The molecule has 3 rings (SSSR count). The summed E-state index contributed by atoms with van der Waals surface area (Å²) in [7, 11) is 0. The number of urea groups is 1. The number of ether oxygens (including phenoxy) is 1. The zero-order chi connectivity index (χ0) is 19.3. The summed E-state index contributed by atoms with van der Waals surface area (Å²) in [5.41, 5.74) is 0.225. The smallest absolute Gasteiger partial charge is 0.416 e. The fraction of sp³-hybridized carbons (Fsp3) is 0.0526. The van der Waals surface area contributed by atoms with Crippen LogP contribution in [0.1, 0.15) is 5.56 Å². The van der Waals surface area contributed by atoms with Gasteiger partial charge in [-0.15, -0.1) is 0 Å². The molecule has 0 spiro atoms. The molecule has 0 aliphatic carbocycles. The van der Waals surface area contributed by atoms with Crippen LogP contribution in [0, 0.1) is 0 Å². The fourth-order valence-electron chi connectivity index (χ4n) is 2.19. The second kappa shape index (κ2) is 7.77. The first-order chi connectivity index (χ1) is 12.9. The van der Waals surface area contributed by atoms with Crippen LogP contribution < -0.4 is 15.4 Å². The third kappa shape index (κ3) is 5.21. The number of rotatable bonds is 4. The highest BCUT2D eigenvalue weighted by molar-refractivity contribution is 5.99. The number of halogens is 3. The van der Waals surface area contributed by atoms with Gasteiger partial charge in [-0.05, 0) is 36.4 Å². The van der Waals surface area contributed by atoms with Crippen molar-refractivity contribution in [2.45, 2.75) is 6.18 Å². The zero-order valence-corrected chi connectivity index (χ0v) is 13.8. The predicted molar refractivity (Wildman–Crippen MR) is 94.8 cm³/mol. The highest BCUT2D eigenvalue weighted by atomic mass is 19.4. The van der Waals surface area contributed by atoms with Crippen LogP contribution in [-0.4, -0.2) is 11.0 Å². The summed E-state index contributed by atoms with van der Waals surface area (Å²) >= 11 is 0. The average molecular weight is 373 g/mol. The van der Waals surface area contributed by atoms with Crippen molar-refractivity contribution in [3.05, 3.63) is 78.5 Å². The third-order valence-electron chi connectivity index (χ3n) is 3.41. The van der Waals surface area contributed by atoms with E-state index in [1.807, 2.05) is 6.07 Å². The molecule has 0 radical (unpaired) electrons. The second-order valence-corrected chi connectivity index (χ2v) is 5.46. The van der Waals surface area contributed by atoms with Crippen LogP contribution in [0.5, 0.6) is 11.6 Å². The minimum Gasteiger partial charge on any atom is -0.439 e. The van der Waals surface area contributed by atoms with E-state index in [-0.39, 0.29) is 11.6 Å². The third-order valence-corrected chi connectivity index (χ3v) is 3.41. The number of nitrogens with zero attached hydrogens (tertiary/aromatic N) is 1. The first-order valence-corrected chi connectivity index (χ1v) is 7.84. The number of carbonyl (C=O) groups excluding carboxylic acids is 1. The Kier molecular flexibility index (Phi) is 5.25. The molecule has 2 aromatic carbocycles. The van der Waals surface area contributed by atoms with Gasteiger partial charge in [0.05, 0.1) is 17.4 Å². The van der Waals surface area contributed by atoms with E-state index in [1.54, 1.807) is 24.3 Å². The zero-order valence-electron chi connectivity index (χ0n) is 13.8. The van der Waals surface area contributed by atoms with Crippen LogP contribution in [0.2, 0.25) is 0 Å². The van der Waals surface area contributed by atoms with Crippen LogP contribution >= 0.6 is 0 Å². The molecule has 0 bridgehead atoms. The molecule has 0 fully saturated rings. The molecule has 0 saturated carbocycles. The number of pyridine rings is 1. The summed E-state index contributed by atoms with van der Waals surface area (Å²) < 4.78 is 43.5. The van der Waals surface area contributed by atoms with Gasteiger partial charge in [-0.3, -0.25) is 0 Å². The van der Waals surface area contributed by atoms with Gasteiger partial charge in [0.25, 0.3) is 0 Å². The summed E-state index contributed by atoms with van der Waals surface area (Å²) in [6.07, 6.45) is -3.11. The standard InChI is InChI=1S/C19H14F3N3O2/c20-19(21,22)13-5-4-8-16(11-13)27-17-10-9-15(12-23-17)25-18(26)24-14-6-2-1-3-7-14/h1-12H,(H2,24,25,26). The molecule has 0 aliphatic rings. The fourth-order valence-corrected chi connectivity index (χ4v) is 2.19. The average Bonchev–Trinajstić information content (AvgIpc) is 2.64. The highest BCUT2D eigenvalue weighted by Gasteiger charge is 2.30. The number of anilines is 2. The second-order valence-electron chi connectivity index (χ2n) is 5.46. The first kappa shape index (κ1) is 18.2. The van der Waals surface area contributed by atoms with Gasteiger partial charge in [-0.2, -0.15) is 13.2 Å². The number of benzene rings is 2. The van der Waals surface area contributed by atoms with Crippen molar-refractivity contribution in [1.29, 1.82) is 0 Å². The minimum atomic E-state index is -4.45. The molecule has 2 N–H and O–H groups in total. The van der Waals surface area contributed by atoms with Crippen molar-refractivity contribution in [3.63, 3.8) is 0 Å². The molecule has 1 heterocycles. The van der Waals surface area contributed by atoms with Gasteiger partial charge in [0.15, 0.2) is 0 Å². The number of alkyl halides is 3. The van der Waals surface area contributed by atoms with Crippen LogP contribution in [-0.2, 0) is 6.18 Å². The van der Waals surface area contributed by atoms with E-state index in [4.69, 9.17) is 4.74 Å². The summed E-state index contributed by atoms with van der Waals surface area (Å²) in [5.74, 6) is 0.114. The van der Waals surface area contributed by atoms with Crippen LogP contribution in [0.25, 0.3) is 0 Å². The lowest BCUT2D eigenvalue weighted by Crippen LogP contribution is -2.19. The Morgan fingerprint density at radius 1 is 0.889 bits per heavy atom. The lowest BCUT2D eigenvalue weighted by molar-refractivity contribution is -0.137. The SMILES string of the molecule is O=C(Nc1ccccc1)Nc1ccc(Oc2cccc(C(F)(F)F)c2)nc1. The Bertz CT molecular complexity index is 913. The van der Waals surface area contributed by atoms with E-state index in [9.17, 15) is 18.0 Å². The van der Waals surface area contributed by atoms with Crippen molar-refractivity contribution in [2.75, 3.05) is 10.6 Å². The molecule has 5 nitrogen and oxygen atoms in total. The topological polar surface area (TPSA) is 63.2 Å². The van der Waals surface area contributed by atoms with E-state index < -0.39 is 17.8 Å². The van der Waals surface area contributed by atoms with Gasteiger partial charge in [0, 0.05) is 11.8 Å². The molecule has 3 aromatic rings. The summed E-state index contributed by atoms with van der Waals surface area (Å²) in [5, 5.41) is 5.24. The molecule has 0 aliphatic heterocycles. The van der Waals surface area contributed by atoms with Gasteiger partial charge in [0.2, 0.25) is 5.88 Å². The van der Waals surface area contributed by atoms with E-state index in [0.717, 1.165) is 12.1 Å². The number of para-hydroxylation sites is 1. The van der Waals surface area contributed by atoms with Crippen LogP contribution in [0.15, 0.2) is 72.9 Å². The molecule has 1 aromatic heterocycles. The highest BCUT2D eigenvalue weighted by Crippen LogP contribution is 2.32. The van der Waals surface area contributed by atoms with Gasteiger partial charge >= 0.3 is 12.2 Å². The Balaban J connectivity index is 1.61. The number of hydrogen-bond donors (Lipinski definition) is 2. The Morgan fingerprint density at radius 3 is 2.30 bits per heavy atom. The normalized spacial score (nSPS) is 10.9. The number of aromatic nitrogens is 1.